The molecule has 2 saturated heterocycles. The molecule has 7 rings (SSSR count). The molecular formula is C86H120N20O23S3. The van der Waals surface area contributed by atoms with Gasteiger partial charge in [0.2, 0.25) is 100 Å². The van der Waals surface area contributed by atoms with Gasteiger partial charge in [0, 0.05) is 80.4 Å². The third-order valence-electron chi connectivity index (χ3n) is 21.1. The molecule has 0 radical (unpaired) electrons. The Bertz CT molecular complexity index is 4800. The summed E-state index contributed by atoms with van der Waals surface area (Å²) in [4.78, 5) is 270. The van der Waals surface area contributed by atoms with Crippen LogP contribution in [0.25, 0.3) is 10.9 Å². The summed E-state index contributed by atoms with van der Waals surface area (Å²) in [5.74, 6) is -21.0. The van der Waals surface area contributed by atoms with Crippen molar-refractivity contribution in [2.75, 3.05) is 49.8 Å². The zero-order chi connectivity index (χ0) is 96.8. The summed E-state index contributed by atoms with van der Waals surface area (Å²) in [6.45, 7) is 7.06. The van der Waals surface area contributed by atoms with Crippen LogP contribution in [0, 0.1) is 11.8 Å². The third-order valence-corrected chi connectivity index (χ3v) is 24.2. The fourth-order valence-electron chi connectivity index (χ4n) is 14.0. The number of aliphatic carboxylic acids is 1. The minimum atomic E-state index is -2.06. The number of carboxylic acids is 1. The Labute approximate surface area is 773 Å². The SMILES string of the molecule is CSCC[C@@H]1NC(=O)[C@H](CO)NC(=O)[C@H](Cc2c[nH]cn2)NC(=O)[C@@H]2CSSC[C@H](NC(=O)[C@H]([C@@H](C)O)NC(=O)[C@H](Cc3ccc(O)cc3)NC(=O)[C@H](Cc3ccccc3)NC1=O)C(=O)N[C@H](C(=O)N[C@@H](CO)C(=O)NCC(=O)O)CCCCNC(=O)CC[C@H](NC(=O)[C@H](CC(C)C)NC(=O)[C@H](C)NC(=O)[C@H](Cc1c[nH]c3ccccc13)NC(C)=O)C(=O)N[C@@H](CC(C)C)C(=O)N2. The van der Waals surface area contributed by atoms with Gasteiger partial charge in [-0.15, -0.1) is 0 Å². The van der Waals surface area contributed by atoms with Crippen molar-refractivity contribution in [3.8, 4) is 5.75 Å². The van der Waals surface area contributed by atoms with E-state index in [2.05, 4.69) is 100 Å². The maximum Gasteiger partial charge on any atom is 0.322 e. The second-order valence-electron chi connectivity index (χ2n) is 32.8. The van der Waals surface area contributed by atoms with Crippen LogP contribution in [0.3, 0.4) is 0 Å². The van der Waals surface area contributed by atoms with Crippen LogP contribution in [0.1, 0.15) is 122 Å². The summed E-state index contributed by atoms with van der Waals surface area (Å²) < 4.78 is 0. The number of phenolic OH excluding ortho intramolecular Hbond substituents is 1. The third kappa shape index (κ3) is 35.0. The van der Waals surface area contributed by atoms with Crippen LogP contribution in [0.15, 0.2) is 97.6 Å². The lowest BCUT2D eigenvalue weighted by molar-refractivity contribution is -0.139. The number of imidazole rings is 1. The van der Waals surface area contributed by atoms with Gasteiger partial charge in [-0.05, 0) is 118 Å². The minimum absolute atomic E-state index is 0.00470. The molecule has 0 aliphatic carbocycles. The molecule has 0 saturated carbocycles. The number of nitrogens with one attached hydrogen (secondary N) is 19. The van der Waals surface area contributed by atoms with Crippen molar-refractivity contribution >= 4 is 151 Å². The van der Waals surface area contributed by atoms with Gasteiger partial charge >= 0.3 is 5.97 Å². The highest BCUT2D eigenvalue weighted by Gasteiger charge is 2.41. The second kappa shape index (κ2) is 53.8. The molecule has 2 fully saturated rings. The molecule has 4 heterocycles. The molecule has 2 aromatic heterocycles. The number of fused-ring (bicyclic) bond motifs is 6. The first kappa shape index (κ1) is 107. The molecule has 132 heavy (non-hydrogen) atoms. The lowest BCUT2D eigenvalue weighted by Crippen LogP contribution is -2.63. The van der Waals surface area contributed by atoms with Crippen molar-refractivity contribution in [2.24, 2.45) is 11.8 Å². The van der Waals surface area contributed by atoms with Crippen LogP contribution < -0.4 is 90.4 Å². The first-order valence-corrected chi connectivity index (χ1v) is 47.0. The Kier molecular flexibility index (Phi) is 43.5. The lowest BCUT2D eigenvalue weighted by Gasteiger charge is -2.29. The van der Waals surface area contributed by atoms with Gasteiger partial charge in [0.15, 0.2) is 0 Å². The van der Waals surface area contributed by atoms with E-state index in [1.807, 2.05) is 23.5 Å². The van der Waals surface area contributed by atoms with E-state index in [-0.39, 0.29) is 81.0 Å². The number of hydrogen-bond acceptors (Lipinski definition) is 26. The van der Waals surface area contributed by atoms with E-state index >= 15 is 33.6 Å². The molecule has 5 aromatic rings. The Morgan fingerprint density at radius 2 is 1.13 bits per heavy atom. The van der Waals surface area contributed by atoms with E-state index in [1.165, 1.54) is 62.4 Å². The van der Waals surface area contributed by atoms with E-state index < -0.39 is 266 Å². The Morgan fingerprint density at radius 1 is 0.553 bits per heavy atom. The number of aromatic amines is 2. The van der Waals surface area contributed by atoms with Gasteiger partial charge in [-0.2, -0.15) is 11.8 Å². The Balaban J connectivity index is 1.33. The van der Waals surface area contributed by atoms with E-state index in [1.54, 1.807) is 76.5 Å². The maximum atomic E-state index is 15.5. The van der Waals surface area contributed by atoms with Crippen LogP contribution in [0.4, 0.5) is 0 Å². The average Bonchev–Trinajstić information content (AvgIpc) is 1.67. The lowest BCUT2D eigenvalue weighted by atomic mass is 10.00. The number of aliphatic hydroxyl groups excluding tert-OH is 3. The molecule has 2 bridgehead atoms. The average molecular weight is 1900 g/mol. The summed E-state index contributed by atoms with van der Waals surface area (Å²) in [6.07, 6.45) is 1.01. The van der Waals surface area contributed by atoms with E-state index in [4.69, 9.17) is 0 Å². The van der Waals surface area contributed by atoms with Crippen molar-refractivity contribution in [1.29, 1.82) is 0 Å². The Hall–Kier alpha value is -12.4. The molecule has 17 amide bonds. The molecule has 0 unspecified atom stereocenters. The number of aliphatic hydroxyl groups is 3. The van der Waals surface area contributed by atoms with Gasteiger partial charge in [0.1, 0.15) is 103 Å². The number of aromatic hydroxyl groups is 1. The number of nitrogens with zero attached hydrogens (tertiary/aromatic N) is 1. The number of rotatable bonds is 30. The summed E-state index contributed by atoms with van der Waals surface area (Å²) in [6, 6.07) is -4.48. The molecular weight excluding hydrogens is 1780 g/mol. The van der Waals surface area contributed by atoms with Crippen molar-refractivity contribution in [1.82, 2.24) is 105 Å². The number of carboxylic acid groups (broad SMARTS) is 1. The number of aromatic nitrogens is 3. The standard InChI is InChI=1S/C86H120N20O23S3/c1-44(2)30-59(97-72(115)46(5)92-77(120)63(93-48(7)110)34-51-36-89-55-19-13-12-18-54(51)55)78(121)95-57-25-26-69(112)88-28-15-14-20-56(74(117)102-65(39-107)73(116)90-38-70(113)114)94-84(127)68-42-132-131-41-67(104-79(122)60(31-45(3)4)98-75(57)118)85(128)101-64(35-52-37-87-43-91-52)81(124)103-66(40-108)83(126)96-58(27-29-130-8)76(119)99-61(32-49-16-10-9-11-17-49)80(123)100-62(33-50-21-23-53(111)24-22-50)82(125)106-71(47(6)109)86(129)105-68/h9-13,16-19,21-24,36-37,43-47,56-68,71,89,107-109,111H,14-15,20,25-35,38-42H2,1-8H3,(H,87,91)(H,88,112)(H,90,116)(H,92,120)(H,93,110)(H,94,127)(H,95,121)(H,96,126)(H,97,115)(H,98,118)(H,99,119)(H,100,123)(H,101,128)(H,102,117)(H,103,124)(H,104,122)(H,105,129)(H,106,125)(H,113,114)/t46-,47+,56-,57-,58-,59-,60-,61-,62-,63-,64-,65-,66-,67-,68-,71-/m0/s1. The van der Waals surface area contributed by atoms with Gasteiger partial charge in [0.25, 0.3) is 0 Å². The van der Waals surface area contributed by atoms with Gasteiger partial charge < -0.3 is 126 Å². The number of H-pyrrole nitrogens is 2. The topological polar surface area (TPSA) is 657 Å². The van der Waals surface area contributed by atoms with E-state index in [0.29, 0.717) is 16.7 Å². The van der Waals surface area contributed by atoms with Crippen molar-refractivity contribution in [2.45, 2.75) is 222 Å². The highest BCUT2D eigenvalue weighted by Crippen LogP contribution is 2.26. The van der Waals surface area contributed by atoms with E-state index in [9.17, 15) is 78.3 Å². The summed E-state index contributed by atoms with van der Waals surface area (Å²) >= 11 is 1.26. The van der Waals surface area contributed by atoms with Crippen LogP contribution in [-0.2, 0) is 112 Å². The summed E-state index contributed by atoms with van der Waals surface area (Å²) in [5.41, 5.74) is 2.35. The van der Waals surface area contributed by atoms with Crippen LogP contribution in [0.5, 0.6) is 5.75 Å². The maximum absolute atomic E-state index is 15.5. The van der Waals surface area contributed by atoms with Crippen LogP contribution >= 0.6 is 33.3 Å². The number of thioether (sulfide) groups is 1. The fraction of sp³-hybridized carbons (Fsp3) is 0.523. The monoisotopic (exact) mass is 1900 g/mol. The number of benzene rings is 3. The zero-order valence-electron chi connectivity index (χ0n) is 74.3. The smallest absolute Gasteiger partial charge is 0.322 e. The molecule has 16 atom stereocenters. The number of carbonyl (C=O) groups is 18. The summed E-state index contributed by atoms with van der Waals surface area (Å²) in [7, 11) is 1.45. The molecule has 720 valence electrons. The van der Waals surface area contributed by atoms with Crippen molar-refractivity contribution in [3.63, 3.8) is 0 Å². The van der Waals surface area contributed by atoms with Crippen LogP contribution in [-0.4, -0.2) is 293 Å². The molecule has 2 aliphatic heterocycles. The minimum Gasteiger partial charge on any atom is -0.508 e. The fourth-order valence-corrected chi connectivity index (χ4v) is 16.8. The number of hydrogen-bond donors (Lipinski definition) is 24. The number of para-hydroxylation sites is 1. The van der Waals surface area contributed by atoms with Gasteiger partial charge in [-0.1, -0.05) is 110 Å². The van der Waals surface area contributed by atoms with E-state index in [0.717, 1.165) is 39.4 Å². The number of phenols is 1. The molecule has 24 N–H and O–H groups in total. The largest absolute Gasteiger partial charge is 0.508 e. The highest BCUT2D eigenvalue weighted by atomic mass is 33.1. The molecule has 46 heteroatoms. The normalized spacial score (nSPS) is 22.7. The quantitative estimate of drug-likeness (QED) is 0.0195. The van der Waals surface area contributed by atoms with Gasteiger partial charge in [-0.25, -0.2) is 4.98 Å². The Morgan fingerprint density at radius 3 is 1.73 bits per heavy atom. The highest BCUT2D eigenvalue weighted by molar-refractivity contribution is 8.76. The van der Waals surface area contributed by atoms with Crippen molar-refractivity contribution < 1.29 is 112 Å². The second-order valence-corrected chi connectivity index (χ2v) is 36.3. The predicted octanol–water partition coefficient (Wildman–Crippen LogP) is -3.93. The van der Waals surface area contributed by atoms with Crippen LogP contribution in [0.2, 0.25) is 0 Å². The first-order valence-electron chi connectivity index (χ1n) is 43.1. The predicted molar refractivity (Wildman–Crippen MR) is 486 cm³/mol. The number of amides is 17. The molecule has 0 spiro atoms. The molecule has 43 nitrogen and oxygen atoms in total. The molecule has 2 aliphatic rings. The zero-order valence-corrected chi connectivity index (χ0v) is 76.8. The van der Waals surface area contributed by atoms with Gasteiger partial charge in [-0.3, -0.25) is 86.3 Å². The summed E-state index contributed by atoms with van der Waals surface area (Å²) in [5, 5.41) is 96.5. The van der Waals surface area contributed by atoms with Crippen molar-refractivity contribution in [3.05, 3.63) is 120 Å². The van der Waals surface area contributed by atoms with Gasteiger partial charge in [0.05, 0.1) is 31.3 Å². The first-order chi connectivity index (χ1) is 62.8. The number of carbonyl (C=O) groups excluding carboxylic acids is 17. The molecule has 3 aromatic carbocycles.